The Morgan fingerprint density at radius 1 is 1.21 bits per heavy atom. The lowest BCUT2D eigenvalue weighted by Gasteiger charge is -2.32. The van der Waals surface area contributed by atoms with Gasteiger partial charge in [-0.3, -0.25) is 9.69 Å². The van der Waals surface area contributed by atoms with Crippen molar-refractivity contribution in [1.82, 2.24) is 9.80 Å². The van der Waals surface area contributed by atoms with Gasteiger partial charge in [0.25, 0.3) is 5.91 Å². The predicted molar refractivity (Wildman–Crippen MR) is 121 cm³/mol. The Kier molecular flexibility index (Phi) is 7.72. The number of benzene rings is 2. The van der Waals surface area contributed by atoms with E-state index in [0.717, 1.165) is 11.8 Å². The van der Waals surface area contributed by atoms with Crippen LogP contribution in [0, 0.1) is 0 Å². The van der Waals surface area contributed by atoms with Crippen LogP contribution in [-0.4, -0.2) is 86.0 Å². The highest BCUT2D eigenvalue weighted by molar-refractivity contribution is 7.90. The molecule has 33 heavy (non-hydrogen) atoms. The van der Waals surface area contributed by atoms with Crippen molar-refractivity contribution in [3.8, 4) is 5.75 Å². The van der Waals surface area contributed by atoms with Crippen molar-refractivity contribution in [2.75, 3.05) is 39.5 Å². The smallest absolute Gasteiger partial charge is 0.341 e. The van der Waals surface area contributed by atoms with Gasteiger partial charge in [0.1, 0.15) is 5.75 Å². The van der Waals surface area contributed by atoms with E-state index >= 15 is 0 Å². The third kappa shape index (κ3) is 6.53. The Morgan fingerprint density at radius 2 is 1.91 bits per heavy atom. The fraction of sp³-hybridized carbons (Fsp3) is 0.391. The number of likely N-dealkylation sites (tertiary alicyclic amines) is 1. The van der Waals surface area contributed by atoms with Crippen LogP contribution in [0.4, 0.5) is 0 Å². The standard InChI is InChI=1S/C23H28N2O7S/c1-24(23(29)16-6-8-20(9-7-16)33(2,30)31)21(14-25-11-10-18(26)13-25)17-4-3-5-19(12-17)32-15-22(27)28/h3-9,12,18,21,26H,10-11,13-15H2,1-2H3,(H,27,28). The minimum atomic E-state index is -3.37. The second kappa shape index (κ2) is 10.3. The molecule has 0 radical (unpaired) electrons. The van der Waals surface area contributed by atoms with Gasteiger partial charge in [-0.1, -0.05) is 12.1 Å². The first-order valence-corrected chi connectivity index (χ1v) is 12.4. The van der Waals surface area contributed by atoms with Gasteiger partial charge in [-0.25, -0.2) is 13.2 Å². The second-order valence-corrected chi connectivity index (χ2v) is 10.2. The molecule has 0 spiro atoms. The Morgan fingerprint density at radius 3 is 2.48 bits per heavy atom. The molecule has 1 aliphatic rings. The summed E-state index contributed by atoms with van der Waals surface area (Å²) in [5.74, 6) is -1.01. The summed E-state index contributed by atoms with van der Waals surface area (Å²) in [5, 5.41) is 18.8. The van der Waals surface area contributed by atoms with Crippen LogP contribution < -0.4 is 4.74 Å². The van der Waals surface area contributed by atoms with Crippen LogP contribution in [0.3, 0.4) is 0 Å². The molecule has 1 amide bonds. The first-order valence-electron chi connectivity index (χ1n) is 10.5. The van der Waals surface area contributed by atoms with Crippen LogP contribution >= 0.6 is 0 Å². The van der Waals surface area contributed by atoms with Crippen molar-refractivity contribution in [3.63, 3.8) is 0 Å². The molecule has 10 heteroatoms. The van der Waals surface area contributed by atoms with E-state index in [0.29, 0.717) is 37.4 Å². The van der Waals surface area contributed by atoms with Crippen molar-refractivity contribution in [3.05, 3.63) is 59.7 Å². The number of aliphatic hydroxyl groups is 1. The highest BCUT2D eigenvalue weighted by atomic mass is 32.2. The fourth-order valence-corrected chi connectivity index (χ4v) is 4.45. The van der Waals surface area contributed by atoms with Crippen molar-refractivity contribution >= 4 is 21.7 Å². The highest BCUT2D eigenvalue weighted by Gasteiger charge is 2.29. The molecule has 2 N–H and O–H groups in total. The second-order valence-electron chi connectivity index (χ2n) is 8.19. The summed E-state index contributed by atoms with van der Waals surface area (Å²) in [5.41, 5.74) is 1.09. The maximum Gasteiger partial charge on any atom is 0.341 e. The number of carbonyl (C=O) groups excluding carboxylic acids is 1. The van der Waals surface area contributed by atoms with E-state index < -0.39 is 34.6 Å². The maximum atomic E-state index is 13.3. The van der Waals surface area contributed by atoms with Crippen molar-refractivity contribution in [2.24, 2.45) is 0 Å². The normalized spacial score (nSPS) is 17.5. The first kappa shape index (κ1) is 24.7. The summed E-state index contributed by atoms with van der Waals surface area (Å²) in [4.78, 5) is 27.9. The summed E-state index contributed by atoms with van der Waals surface area (Å²) < 4.78 is 28.7. The molecule has 1 heterocycles. The molecule has 0 bridgehead atoms. The average molecular weight is 477 g/mol. The van der Waals surface area contributed by atoms with E-state index in [-0.39, 0.29) is 10.8 Å². The third-order valence-corrected chi connectivity index (χ3v) is 6.73. The summed E-state index contributed by atoms with van der Waals surface area (Å²) in [6, 6.07) is 12.3. The topological polar surface area (TPSA) is 124 Å². The Bertz CT molecular complexity index is 1100. The molecule has 0 saturated carbocycles. The molecule has 1 fully saturated rings. The van der Waals surface area contributed by atoms with Gasteiger partial charge >= 0.3 is 5.97 Å². The monoisotopic (exact) mass is 476 g/mol. The van der Waals surface area contributed by atoms with Crippen LogP contribution in [0.2, 0.25) is 0 Å². The van der Waals surface area contributed by atoms with Gasteiger partial charge in [-0.15, -0.1) is 0 Å². The lowest BCUT2D eigenvalue weighted by molar-refractivity contribution is -0.139. The number of aliphatic hydroxyl groups excluding tert-OH is 1. The summed E-state index contributed by atoms with van der Waals surface area (Å²) in [7, 11) is -1.71. The number of carbonyl (C=O) groups is 2. The fourth-order valence-electron chi connectivity index (χ4n) is 3.82. The molecule has 3 rings (SSSR count). The minimum Gasteiger partial charge on any atom is -0.482 e. The number of hydrogen-bond acceptors (Lipinski definition) is 7. The van der Waals surface area contributed by atoms with E-state index in [1.807, 2.05) is 6.07 Å². The zero-order valence-corrected chi connectivity index (χ0v) is 19.4. The van der Waals surface area contributed by atoms with Crippen molar-refractivity contribution in [2.45, 2.75) is 23.5 Å². The molecular formula is C23H28N2O7S. The zero-order chi connectivity index (χ0) is 24.2. The number of amides is 1. The van der Waals surface area contributed by atoms with Crippen LogP contribution in [0.15, 0.2) is 53.4 Å². The number of rotatable bonds is 9. The average Bonchev–Trinajstić information content (AvgIpc) is 3.19. The minimum absolute atomic E-state index is 0.132. The van der Waals surface area contributed by atoms with Crippen LogP contribution in [0.5, 0.6) is 5.75 Å². The summed E-state index contributed by atoms with van der Waals surface area (Å²) in [6.45, 7) is 1.17. The number of carboxylic acid groups (broad SMARTS) is 1. The maximum absolute atomic E-state index is 13.3. The highest BCUT2D eigenvalue weighted by Crippen LogP contribution is 2.27. The van der Waals surface area contributed by atoms with E-state index in [1.54, 1.807) is 30.1 Å². The molecule has 0 aromatic heterocycles. The molecule has 0 aliphatic carbocycles. The first-order chi connectivity index (χ1) is 15.5. The van der Waals surface area contributed by atoms with Gasteiger partial charge < -0.3 is 19.8 Å². The molecular weight excluding hydrogens is 448 g/mol. The van der Waals surface area contributed by atoms with E-state index in [4.69, 9.17) is 9.84 Å². The number of carboxylic acids is 1. The molecule has 9 nitrogen and oxygen atoms in total. The van der Waals surface area contributed by atoms with Gasteiger partial charge in [0.15, 0.2) is 16.4 Å². The Hall–Kier alpha value is -2.95. The van der Waals surface area contributed by atoms with Crippen LogP contribution in [-0.2, 0) is 14.6 Å². The third-order valence-electron chi connectivity index (χ3n) is 5.60. The lowest BCUT2D eigenvalue weighted by atomic mass is 10.0. The lowest BCUT2D eigenvalue weighted by Crippen LogP contribution is -2.39. The molecule has 1 saturated heterocycles. The van der Waals surface area contributed by atoms with Gasteiger partial charge in [-0.05, 0) is 48.4 Å². The number of likely N-dealkylation sites (N-methyl/N-ethyl adjacent to an activating group) is 1. The molecule has 1 aliphatic heterocycles. The number of sulfone groups is 1. The van der Waals surface area contributed by atoms with Crippen molar-refractivity contribution < 1.29 is 33.0 Å². The van der Waals surface area contributed by atoms with Crippen LogP contribution in [0.25, 0.3) is 0 Å². The number of β-amino-alcohol motifs (C(OH)–C–C–N with tert-alkyl or cyclic N) is 1. The number of nitrogens with zero attached hydrogens (tertiary/aromatic N) is 2. The van der Waals surface area contributed by atoms with Gasteiger partial charge in [0, 0.05) is 38.5 Å². The summed E-state index contributed by atoms with van der Waals surface area (Å²) in [6.07, 6.45) is 1.34. The number of ether oxygens (including phenoxy) is 1. The molecule has 2 unspecified atom stereocenters. The van der Waals surface area contributed by atoms with Crippen molar-refractivity contribution in [1.29, 1.82) is 0 Å². The van der Waals surface area contributed by atoms with E-state index in [1.165, 1.54) is 24.3 Å². The molecule has 2 atom stereocenters. The Balaban J connectivity index is 1.87. The quantitative estimate of drug-likeness (QED) is 0.557. The molecule has 2 aromatic carbocycles. The van der Waals surface area contributed by atoms with Crippen LogP contribution in [0.1, 0.15) is 28.4 Å². The number of hydrogen-bond donors (Lipinski definition) is 2. The zero-order valence-electron chi connectivity index (χ0n) is 18.5. The largest absolute Gasteiger partial charge is 0.482 e. The molecule has 2 aromatic rings. The predicted octanol–water partition coefficient (Wildman–Crippen LogP) is 1.43. The molecule has 178 valence electrons. The Labute approximate surface area is 193 Å². The van der Waals surface area contributed by atoms with Gasteiger partial charge in [-0.2, -0.15) is 0 Å². The van der Waals surface area contributed by atoms with Gasteiger partial charge in [0.2, 0.25) is 0 Å². The SMILES string of the molecule is CN(C(=O)c1ccc(S(C)(=O)=O)cc1)C(CN1CCC(O)C1)c1cccc(OCC(=O)O)c1. The van der Waals surface area contributed by atoms with E-state index in [2.05, 4.69) is 4.90 Å². The number of aliphatic carboxylic acids is 1. The van der Waals surface area contributed by atoms with E-state index in [9.17, 15) is 23.1 Å². The summed E-state index contributed by atoms with van der Waals surface area (Å²) >= 11 is 0. The van der Waals surface area contributed by atoms with Gasteiger partial charge in [0.05, 0.1) is 17.0 Å².